The molecular formula is C31H28N4O5. The van der Waals surface area contributed by atoms with Gasteiger partial charge in [0.05, 0.1) is 12.1 Å². The van der Waals surface area contributed by atoms with E-state index in [4.69, 9.17) is 9.15 Å². The average Bonchev–Trinajstić information content (AvgIpc) is 3.43. The van der Waals surface area contributed by atoms with Crippen LogP contribution in [0.4, 0.5) is 11.7 Å². The van der Waals surface area contributed by atoms with Gasteiger partial charge in [-0.3, -0.25) is 9.78 Å². The van der Waals surface area contributed by atoms with E-state index in [1.54, 1.807) is 30.3 Å². The molecule has 0 aliphatic carbocycles. The van der Waals surface area contributed by atoms with Gasteiger partial charge in [-0.1, -0.05) is 54.6 Å². The van der Waals surface area contributed by atoms with Crippen LogP contribution in [0.2, 0.25) is 0 Å². The zero-order valence-electron chi connectivity index (χ0n) is 21.9. The fourth-order valence-electron chi connectivity index (χ4n) is 4.21. The number of ketones is 1. The van der Waals surface area contributed by atoms with Crippen molar-refractivity contribution in [2.24, 2.45) is 0 Å². The normalized spacial score (nSPS) is 11.6. The predicted molar refractivity (Wildman–Crippen MR) is 152 cm³/mol. The number of aromatic nitrogens is 2. The molecule has 0 aliphatic rings. The van der Waals surface area contributed by atoms with Gasteiger partial charge in [0.2, 0.25) is 0 Å². The Balaban J connectivity index is 1.18. The van der Waals surface area contributed by atoms with Crippen molar-refractivity contribution in [3.63, 3.8) is 0 Å². The molecule has 202 valence electrons. The van der Waals surface area contributed by atoms with Crippen molar-refractivity contribution in [3.8, 4) is 5.75 Å². The van der Waals surface area contributed by atoms with Gasteiger partial charge in [0.15, 0.2) is 11.4 Å². The highest BCUT2D eigenvalue weighted by Gasteiger charge is 2.22. The molecule has 3 aromatic carbocycles. The lowest BCUT2D eigenvalue weighted by Gasteiger charge is -2.18. The van der Waals surface area contributed by atoms with Crippen molar-refractivity contribution in [3.05, 3.63) is 114 Å². The summed E-state index contributed by atoms with van der Waals surface area (Å²) in [6.07, 6.45) is 3.18. The molecule has 5 rings (SSSR count). The summed E-state index contributed by atoms with van der Waals surface area (Å²) in [6.45, 7) is 0.976. The second-order valence-electron chi connectivity index (χ2n) is 9.23. The number of hydrogen-bond acceptors (Lipinski definition) is 8. The number of para-hydroxylation sites is 2. The second-order valence-corrected chi connectivity index (χ2v) is 9.23. The summed E-state index contributed by atoms with van der Waals surface area (Å²) in [6, 6.07) is 24.9. The molecule has 9 heteroatoms. The zero-order chi connectivity index (χ0) is 27.9. The van der Waals surface area contributed by atoms with Crippen molar-refractivity contribution >= 4 is 34.6 Å². The number of nitrogens with zero attached hydrogens (tertiary/aromatic N) is 3. The van der Waals surface area contributed by atoms with E-state index in [1.165, 1.54) is 12.4 Å². The Morgan fingerprint density at radius 1 is 1.00 bits per heavy atom. The molecule has 0 fully saturated rings. The van der Waals surface area contributed by atoms with Crippen molar-refractivity contribution < 1.29 is 23.8 Å². The highest BCUT2D eigenvalue weighted by molar-refractivity contribution is 6.12. The van der Waals surface area contributed by atoms with Crippen LogP contribution in [0.15, 0.2) is 102 Å². The maximum Gasteiger partial charge on any atom is 0.326 e. The highest BCUT2D eigenvalue weighted by Crippen LogP contribution is 2.22. The lowest BCUT2D eigenvalue weighted by molar-refractivity contribution is -0.137. The lowest BCUT2D eigenvalue weighted by Crippen LogP contribution is -2.32. The van der Waals surface area contributed by atoms with Gasteiger partial charge in [-0.05, 0) is 35.9 Å². The van der Waals surface area contributed by atoms with Gasteiger partial charge in [0.1, 0.15) is 23.9 Å². The van der Waals surface area contributed by atoms with Gasteiger partial charge in [-0.25, -0.2) is 4.79 Å². The number of carboxylic acid groups (broad SMARTS) is 1. The van der Waals surface area contributed by atoms with E-state index in [0.717, 1.165) is 16.7 Å². The molecule has 2 aromatic heterocycles. The first-order chi connectivity index (χ1) is 19.5. The van der Waals surface area contributed by atoms with Crippen LogP contribution in [0.5, 0.6) is 5.75 Å². The topological polar surface area (TPSA) is 118 Å². The number of carboxylic acids is 1. The summed E-state index contributed by atoms with van der Waals surface area (Å²) in [5.41, 5.74) is 3.57. The molecule has 0 spiro atoms. The first-order valence-electron chi connectivity index (χ1n) is 12.8. The summed E-state index contributed by atoms with van der Waals surface area (Å²) < 4.78 is 11.6. The average molecular weight is 537 g/mol. The minimum atomic E-state index is -1.03. The number of rotatable bonds is 12. The number of fused-ring (bicyclic) bond motifs is 1. The molecule has 0 saturated heterocycles. The number of anilines is 2. The maximum absolute atomic E-state index is 13.0. The molecule has 1 atom stereocenters. The van der Waals surface area contributed by atoms with E-state index in [1.807, 2.05) is 66.5 Å². The van der Waals surface area contributed by atoms with E-state index in [-0.39, 0.29) is 12.2 Å². The number of oxazole rings is 1. The van der Waals surface area contributed by atoms with Gasteiger partial charge in [0, 0.05) is 37.1 Å². The number of pyridine rings is 1. The molecule has 0 radical (unpaired) electrons. The number of hydrogen-bond donors (Lipinski definition) is 2. The molecule has 2 N–H and O–H groups in total. The van der Waals surface area contributed by atoms with Crippen LogP contribution < -0.4 is 15.0 Å². The van der Waals surface area contributed by atoms with E-state index in [9.17, 15) is 14.7 Å². The Morgan fingerprint density at radius 3 is 2.50 bits per heavy atom. The Bertz CT molecular complexity index is 1570. The summed E-state index contributed by atoms with van der Waals surface area (Å²) in [5.74, 6) is -0.597. The Kier molecular flexibility index (Phi) is 8.01. The first-order valence-corrected chi connectivity index (χ1v) is 12.8. The summed E-state index contributed by atoms with van der Waals surface area (Å²) >= 11 is 0. The smallest absolute Gasteiger partial charge is 0.326 e. The predicted octanol–water partition coefficient (Wildman–Crippen LogP) is 5.08. The number of aliphatic carboxylic acids is 1. The number of carbonyl (C=O) groups excluding carboxylic acids is 1. The molecule has 0 amide bonds. The molecule has 9 nitrogen and oxygen atoms in total. The van der Waals surface area contributed by atoms with Crippen LogP contribution in [0, 0.1) is 0 Å². The number of carbonyl (C=O) groups is 2. The molecule has 0 saturated carbocycles. The maximum atomic E-state index is 13.0. The van der Waals surface area contributed by atoms with Crippen LogP contribution in [-0.2, 0) is 11.2 Å². The number of nitrogens with one attached hydrogen (secondary N) is 1. The van der Waals surface area contributed by atoms with Gasteiger partial charge >= 0.3 is 5.97 Å². The third-order valence-corrected chi connectivity index (χ3v) is 6.40. The molecule has 0 bridgehead atoms. The third-order valence-electron chi connectivity index (χ3n) is 6.40. The van der Waals surface area contributed by atoms with Gasteiger partial charge < -0.3 is 24.5 Å². The van der Waals surface area contributed by atoms with Gasteiger partial charge in [0.25, 0.3) is 6.01 Å². The molecule has 5 aromatic rings. The minimum Gasteiger partial charge on any atom is -0.492 e. The number of likely N-dealkylation sites (N-methyl/N-ethyl adjacent to an activating group) is 1. The monoisotopic (exact) mass is 536 g/mol. The minimum absolute atomic E-state index is 0.206. The molecule has 2 heterocycles. The van der Waals surface area contributed by atoms with E-state index < -0.39 is 12.0 Å². The Morgan fingerprint density at radius 2 is 1.75 bits per heavy atom. The zero-order valence-corrected chi connectivity index (χ0v) is 21.9. The third kappa shape index (κ3) is 6.27. The van der Waals surface area contributed by atoms with Crippen LogP contribution in [-0.4, -0.2) is 53.1 Å². The van der Waals surface area contributed by atoms with Gasteiger partial charge in [-0.2, -0.15) is 4.98 Å². The van der Waals surface area contributed by atoms with Crippen LogP contribution in [0.1, 0.15) is 21.5 Å². The Hall–Kier alpha value is -5.18. The fraction of sp³-hybridized carbons (Fsp3) is 0.161. The largest absolute Gasteiger partial charge is 0.492 e. The van der Waals surface area contributed by atoms with Gasteiger partial charge in [-0.15, -0.1) is 0 Å². The summed E-state index contributed by atoms with van der Waals surface area (Å²) in [5, 5.41) is 12.9. The van der Waals surface area contributed by atoms with E-state index in [2.05, 4.69) is 15.3 Å². The first kappa shape index (κ1) is 26.4. The van der Waals surface area contributed by atoms with Crippen LogP contribution in [0.25, 0.3) is 11.1 Å². The van der Waals surface area contributed by atoms with Crippen molar-refractivity contribution in [1.29, 1.82) is 0 Å². The second kappa shape index (κ2) is 12.1. The standard InChI is InChI=1S/C31H28N4O5/c1-35(31-34-26-9-5-6-10-28(26)40-31)17-18-39-23-13-11-21(12-14-23)19-27(30(37)38)33-25-15-16-32-20-24(25)29(36)22-7-3-2-4-8-22/h2-16,20,27H,17-19H2,1H3,(H,32,33)(H,37,38). The van der Waals surface area contributed by atoms with E-state index in [0.29, 0.717) is 41.7 Å². The summed E-state index contributed by atoms with van der Waals surface area (Å²) in [7, 11) is 1.89. The Labute approximate surface area is 231 Å². The summed E-state index contributed by atoms with van der Waals surface area (Å²) in [4.78, 5) is 35.5. The van der Waals surface area contributed by atoms with Crippen LogP contribution >= 0.6 is 0 Å². The van der Waals surface area contributed by atoms with Crippen LogP contribution in [0.3, 0.4) is 0 Å². The molecule has 40 heavy (non-hydrogen) atoms. The number of ether oxygens (including phenoxy) is 1. The van der Waals surface area contributed by atoms with Crippen molar-refractivity contribution in [2.45, 2.75) is 12.5 Å². The fourth-order valence-corrected chi connectivity index (χ4v) is 4.21. The SMILES string of the molecule is CN(CCOc1ccc(CC(Nc2ccncc2C(=O)c2ccccc2)C(=O)O)cc1)c1nc2ccccc2o1. The molecular weight excluding hydrogens is 508 g/mol. The molecule has 1 unspecified atom stereocenters. The van der Waals surface area contributed by atoms with E-state index >= 15 is 0 Å². The van der Waals surface area contributed by atoms with Crippen molar-refractivity contribution in [2.75, 3.05) is 30.4 Å². The number of benzene rings is 3. The highest BCUT2D eigenvalue weighted by atomic mass is 16.5. The molecule has 0 aliphatic heterocycles. The van der Waals surface area contributed by atoms with Crippen molar-refractivity contribution in [1.82, 2.24) is 9.97 Å². The lowest BCUT2D eigenvalue weighted by atomic mass is 10.0. The quantitative estimate of drug-likeness (QED) is 0.211.